The summed E-state index contributed by atoms with van der Waals surface area (Å²) < 4.78 is 0. The number of carbonyl (C=O) groups excluding carboxylic acids is 1. The van der Waals surface area contributed by atoms with Crippen molar-refractivity contribution in [1.82, 2.24) is 9.97 Å². The summed E-state index contributed by atoms with van der Waals surface area (Å²) in [6.07, 6.45) is 7.35. The van der Waals surface area contributed by atoms with E-state index in [-0.39, 0.29) is 5.91 Å². The molecule has 5 nitrogen and oxygen atoms in total. The van der Waals surface area contributed by atoms with E-state index < -0.39 is 0 Å². The van der Waals surface area contributed by atoms with Crippen molar-refractivity contribution < 1.29 is 4.79 Å². The fourth-order valence-corrected chi connectivity index (χ4v) is 2.96. The smallest absolute Gasteiger partial charge is 0.274 e. The van der Waals surface area contributed by atoms with Crippen LogP contribution in [-0.4, -0.2) is 29.0 Å². The van der Waals surface area contributed by atoms with Gasteiger partial charge in [0.15, 0.2) is 0 Å². The summed E-state index contributed by atoms with van der Waals surface area (Å²) in [6, 6.07) is 9.69. The van der Waals surface area contributed by atoms with E-state index in [2.05, 4.69) is 27.1 Å². The van der Waals surface area contributed by atoms with Gasteiger partial charge in [0.05, 0.1) is 0 Å². The van der Waals surface area contributed by atoms with Crippen LogP contribution in [0.3, 0.4) is 0 Å². The molecule has 1 fully saturated rings. The second-order valence-electron chi connectivity index (χ2n) is 6.17. The number of hydrogen-bond acceptors (Lipinski definition) is 4. The zero-order valence-electron chi connectivity index (χ0n) is 14.2. The Kier molecular flexibility index (Phi) is 5.41. The van der Waals surface area contributed by atoms with Crippen molar-refractivity contribution in [3.05, 3.63) is 47.9 Å². The van der Waals surface area contributed by atoms with Crippen LogP contribution in [0.4, 0.5) is 11.5 Å². The van der Waals surface area contributed by atoms with E-state index in [4.69, 9.17) is 0 Å². The first-order valence-corrected chi connectivity index (χ1v) is 8.73. The third-order valence-electron chi connectivity index (χ3n) is 4.44. The molecule has 1 aromatic carbocycles. The van der Waals surface area contributed by atoms with Crippen molar-refractivity contribution in [3.8, 4) is 0 Å². The van der Waals surface area contributed by atoms with Gasteiger partial charge < -0.3 is 10.2 Å². The van der Waals surface area contributed by atoms with Crippen LogP contribution in [0, 0.1) is 0 Å². The number of carbonyl (C=O) groups is 1. The Morgan fingerprint density at radius 1 is 1.08 bits per heavy atom. The van der Waals surface area contributed by atoms with Crippen molar-refractivity contribution in [3.63, 3.8) is 0 Å². The van der Waals surface area contributed by atoms with Crippen LogP contribution in [0.1, 0.15) is 48.7 Å². The molecule has 0 bridgehead atoms. The van der Waals surface area contributed by atoms with Gasteiger partial charge in [0.2, 0.25) is 0 Å². The molecule has 1 aromatic heterocycles. The summed E-state index contributed by atoms with van der Waals surface area (Å²) in [6.45, 7) is 4.10. The summed E-state index contributed by atoms with van der Waals surface area (Å²) >= 11 is 0. The third-order valence-corrected chi connectivity index (χ3v) is 4.44. The largest absolute Gasteiger partial charge is 0.357 e. The minimum atomic E-state index is -0.197. The SMILES string of the molecule is CCc1ccc(NC(=O)c2cc(N3CCCCCC3)ncn2)cc1. The van der Waals surface area contributed by atoms with Gasteiger partial charge in [-0.15, -0.1) is 0 Å². The van der Waals surface area contributed by atoms with Crippen LogP contribution in [0.25, 0.3) is 0 Å². The molecular weight excluding hydrogens is 300 g/mol. The van der Waals surface area contributed by atoms with Gasteiger partial charge in [0.1, 0.15) is 17.8 Å². The lowest BCUT2D eigenvalue weighted by atomic mass is 10.1. The van der Waals surface area contributed by atoms with Crippen LogP contribution in [0.5, 0.6) is 0 Å². The van der Waals surface area contributed by atoms with Gasteiger partial charge in [-0.2, -0.15) is 0 Å². The van der Waals surface area contributed by atoms with E-state index in [1.165, 1.54) is 37.6 Å². The maximum Gasteiger partial charge on any atom is 0.274 e. The topological polar surface area (TPSA) is 58.1 Å². The number of aromatic nitrogens is 2. The van der Waals surface area contributed by atoms with Crippen molar-refractivity contribution in [1.29, 1.82) is 0 Å². The first-order chi connectivity index (χ1) is 11.8. The second-order valence-corrected chi connectivity index (χ2v) is 6.17. The maximum atomic E-state index is 12.5. The molecule has 0 aliphatic carbocycles. The number of aryl methyl sites for hydroxylation is 1. The van der Waals surface area contributed by atoms with Gasteiger partial charge in [0, 0.05) is 24.8 Å². The molecule has 1 aliphatic rings. The highest BCUT2D eigenvalue weighted by atomic mass is 16.1. The molecule has 24 heavy (non-hydrogen) atoms. The standard InChI is InChI=1S/C19H24N4O/c1-2-15-7-9-16(10-8-15)22-19(24)17-13-18(21-14-20-17)23-11-5-3-4-6-12-23/h7-10,13-14H,2-6,11-12H2,1H3,(H,22,24). The highest BCUT2D eigenvalue weighted by molar-refractivity contribution is 6.03. The van der Waals surface area contributed by atoms with Crippen molar-refractivity contribution in [2.75, 3.05) is 23.3 Å². The second kappa shape index (κ2) is 7.90. The molecule has 0 atom stereocenters. The molecule has 126 valence electrons. The molecule has 1 N–H and O–H groups in total. The van der Waals surface area contributed by atoms with E-state index in [1.807, 2.05) is 24.3 Å². The highest BCUT2D eigenvalue weighted by Gasteiger charge is 2.14. The molecule has 0 unspecified atom stereocenters. The zero-order chi connectivity index (χ0) is 16.8. The predicted octanol–water partition coefficient (Wildman–Crippen LogP) is 3.67. The van der Waals surface area contributed by atoms with Gasteiger partial charge in [-0.05, 0) is 37.0 Å². The van der Waals surface area contributed by atoms with Crippen molar-refractivity contribution >= 4 is 17.4 Å². The fourth-order valence-electron chi connectivity index (χ4n) is 2.96. The lowest BCUT2D eigenvalue weighted by Crippen LogP contribution is -2.25. The number of nitrogens with one attached hydrogen (secondary N) is 1. The van der Waals surface area contributed by atoms with E-state index in [9.17, 15) is 4.79 Å². The Labute approximate surface area is 143 Å². The zero-order valence-corrected chi connectivity index (χ0v) is 14.2. The lowest BCUT2D eigenvalue weighted by molar-refractivity contribution is 0.102. The summed E-state index contributed by atoms with van der Waals surface area (Å²) in [4.78, 5) is 23.2. The molecule has 3 rings (SSSR count). The number of amides is 1. The first-order valence-electron chi connectivity index (χ1n) is 8.73. The van der Waals surface area contributed by atoms with Crippen molar-refractivity contribution in [2.45, 2.75) is 39.0 Å². The molecule has 2 heterocycles. The lowest BCUT2D eigenvalue weighted by Gasteiger charge is -2.21. The Morgan fingerprint density at radius 3 is 2.46 bits per heavy atom. The van der Waals surface area contributed by atoms with Crippen LogP contribution in [0.15, 0.2) is 36.7 Å². The normalized spacial score (nSPS) is 15.0. The molecule has 1 amide bonds. The van der Waals surface area contributed by atoms with Crippen LogP contribution >= 0.6 is 0 Å². The predicted molar refractivity (Wildman–Crippen MR) is 96.5 cm³/mol. The van der Waals surface area contributed by atoms with Crippen LogP contribution in [-0.2, 0) is 6.42 Å². The minimum Gasteiger partial charge on any atom is -0.357 e. The Morgan fingerprint density at radius 2 is 1.79 bits per heavy atom. The molecule has 1 saturated heterocycles. The fraction of sp³-hybridized carbons (Fsp3) is 0.421. The first kappa shape index (κ1) is 16.4. The van der Waals surface area contributed by atoms with Crippen LogP contribution < -0.4 is 10.2 Å². The van der Waals surface area contributed by atoms with Gasteiger partial charge >= 0.3 is 0 Å². The Hall–Kier alpha value is -2.43. The number of nitrogens with zero attached hydrogens (tertiary/aromatic N) is 3. The summed E-state index contributed by atoms with van der Waals surface area (Å²) in [5, 5.41) is 2.90. The van der Waals surface area contributed by atoms with Gasteiger partial charge in [0.25, 0.3) is 5.91 Å². The number of benzene rings is 1. The molecule has 2 aromatic rings. The van der Waals surface area contributed by atoms with E-state index in [1.54, 1.807) is 6.07 Å². The number of hydrogen-bond donors (Lipinski definition) is 1. The highest BCUT2D eigenvalue weighted by Crippen LogP contribution is 2.18. The van der Waals surface area contributed by atoms with Gasteiger partial charge in [-0.25, -0.2) is 9.97 Å². The van der Waals surface area contributed by atoms with Gasteiger partial charge in [-0.1, -0.05) is 31.9 Å². The van der Waals surface area contributed by atoms with Crippen molar-refractivity contribution in [2.24, 2.45) is 0 Å². The molecule has 0 radical (unpaired) electrons. The average Bonchev–Trinajstić information content (AvgIpc) is 2.92. The maximum absolute atomic E-state index is 12.5. The molecular formula is C19H24N4O. The monoisotopic (exact) mass is 324 g/mol. The summed E-state index contributed by atoms with van der Waals surface area (Å²) in [7, 11) is 0. The molecule has 0 spiro atoms. The Balaban J connectivity index is 1.71. The van der Waals surface area contributed by atoms with Gasteiger partial charge in [-0.3, -0.25) is 4.79 Å². The van der Waals surface area contributed by atoms with E-state index >= 15 is 0 Å². The minimum absolute atomic E-state index is 0.197. The number of anilines is 2. The quantitative estimate of drug-likeness (QED) is 0.932. The van der Waals surface area contributed by atoms with E-state index in [0.717, 1.165) is 31.0 Å². The molecule has 1 aliphatic heterocycles. The van der Waals surface area contributed by atoms with Crippen LogP contribution in [0.2, 0.25) is 0 Å². The third kappa shape index (κ3) is 4.10. The summed E-state index contributed by atoms with van der Waals surface area (Å²) in [5.41, 5.74) is 2.44. The number of rotatable bonds is 4. The molecule has 5 heteroatoms. The average molecular weight is 324 g/mol. The van der Waals surface area contributed by atoms with E-state index in [0.29, 0.717) is 5.69 Å². The summed E-state index contributed by atoms with van der Waals surface area (Å²) in [5.74, 6) is 0.649. The molecule has 0 saturated carbocycles. The Bertz CT molecular complexity index is 676.